The van der Waals surface area contributed by atoms with Crippen LogP contribution >= 0.6 is 0 Å². The molecule has 0 aromatic heterocycles. The normalized spacial score (nSPS) is 11.6. The fraction of sp³-hybridized carbons (Fsp3) is 1.00. The van der Waals surface area contributed by atoms with Crippen molar-refractivity contribution in [3.05, 3.63) is 0 Å². The second kappa shape index (κ2) is 26.0. The lowest BCUT2D eigenvalue weighted by atomic mass is 10.0. The average molecular weight is 410 g/mol. The summed E-state index contributed by atoms with van der Waals surface area (Å²) in [4.78, 5) is 2.78. The zero-order valence-electron chi connectivity index (χ0n) is 21.1. The molecule has 0 aromatic carbocycles. The molecule has 0 rings (SSSR count). The van der Waals surface area contributed by atoms with Gasteiger partial charge in [0, 0.05) is 0 Å². The molecule has 0 unspecified atom stereocenters. The van der Waals surface area contributed by atoms with E-state index in [1.54, 1.807) is 0 Å². The first-order chi connectivity index (χ1) is 14.3. The van der Waals surface area contributed by atoms with Crippen molar-refractivity contribution >= 4 is 0 Å². The molecular weight excluding hydrogens is 350 g/mol. The van der Waals surface area contributed by atoms with Crippen LogP contribution in [0, 0.1) is 0 Å². The van der Waals surface area contributed by atoms with Crippen molar-refractivity contribution in [2.75, 3.05) is 19.6 Å². The Morgan fingerprint density at radius 1 is 0.276 bits per heavy atom. The Labute approximate surface area is 186 Å². The van der Waals surface area contributed by atoms with Crippen molar-refractivity contribution in [1.29, 1.82) is 0 Å². The molecule has 0 fully saturated rings. The fourth-order valence-corrected chi connectivity index (χ4v) is 4.39. The van der Waals surface area contributed by atoms with E-state index >= 15 is 0 Å². The summed E-state index contributed by atoms with van der Waals surface area (Å²) in [6, 6.07) is 0. The SMILES string of the molecule is CCCCCCCCCCCCCCCCN(CCCCCC)CCCCCC. The molecular formula is C28H59N. The number of unbranched alkanes of at least 4 members (excludes halogenated alkanes) is 19. The van der Waals surface area contributed by atoms with Crippen LogP contribution in [0.5, 0.6) is 0 Å². The Morgan fingerprint density at radius 2 is 0.483 bits per heavy atom. The summed E-state index contributed by atoms with van der Waals surface area (Å²) in [5.74, 6) is 0. The highest BCUT2D eigenvalue weighted by molar-refractivity contribution is 4.60. The second-order valence-corrected chi connectivity index (χ2v) is 9.56. The van der Waals surface area contributed by atoms with Gasteiger partial charge < -0.3 is 4.90 Å². The largest absolute Gasteiger partial charge is 0.303 e. The van der Waals surface area contributed by atoms with Crippen molar-refractivity contribution in [2.45, 2.75) is 162 Å². The van der Waals surface area contributed by atoms with Gasteiger partial charge in [0.25, 0.3) is 0 Å². The van der Waals surface area contributed by atoms with E-state index in [1.807, 2.05) is 0 Å². The van der Waals surface area contributed by atoms with Gasteiger partial charge in [0.15, 0.2) is 0 Å². The maximum Gasteiger partial charge on any atom is -0.00187 e. The Kier molecular flexibility index (Phi) is 26.0. The lowest BCUT2D eigenvalue weighted by molar-refractivity contribution is 0.254. The second-order valence-electron chi connectivity index (χ2n) is 9.56. The minimum absolute atomic E-state index is 1.35. The first-order valence-corrected chi connectivity index (χ1v) is 14.1. The fourth-order valence-electron chi connectivity index (χ4n) is 4.39. The van der Waals surface area contributed by atoms with Gasteiger partial charge in [-0.25, -0.2) is 0 Å². The zero-order valence-corrected chi connectivity index (χ0v) is 21.1. The van der Waals surface area contributed by atoms with E-state index in [9.17, 15) is 0 Å². The van der Waals surface area contributed by atoms with Crippen LogP contribution in [0.4, 0.5) is 0 Å². The highest BCUT2D eigenvalue weighted by Gasteiger charge is 2.04. The molecule has 1 heteroatoms. The van der Waals surface area contributed by atoms with Gasteiger partial charge in [0.1, 0.15) is 0 Å². The third-order valence-corrected chi connectivity index (χ3v) is 6.48. The lowest BCUT2D eigenvalue weighted by Crippen LogP contribution is -2.27. The molecule has 0 atom stereocenters. The standard InChI is InChI=1S/C28H59N/c1-4-7-10-13-14-15-16-17-18-19-20-21-22-25-28-29(26-23-11-8-5-2)27-24-12-9-6-3/h4-28H2,1-3H3. The molecule has 1 nitrogen and oxygen atoms in total. The molecule has 0 saturated heterocycles. The summed E-state index contributed by atoms with van der Waals surface area (Å²) in [5, 5.41) is 0. The summed E-state index contributed by atoms with van der Waals surface area (Å²) in [5.41, 5.74) is 0. The van der Waals surface area contributed by atoms with Crippen LogP contribution in [0.2, 0.25) is 0 Å². The van der Waals surface area contributed by atoms with Crippen molar-refractivity contribution in [2.24, 2.45) is 0 Å². The molecule has 0 spiro atoms. The minimum atomic E-state index is 1.35. The summed E-state index contributed by atoms with van der Waals surface area (Å²) in [6.07, 6.45) is 31.7. The molecule has 176 valence electrons. The van der Waals surface area contributed by atoms with Crippen LogP contribution < -0.4 is 0 Å². The van der Waals surface area contributed by atoms with E-state index < -0.39 is 0 Å². The Balaban J connectivity index is 3.50. The van der Waals surface area contributed by atoms with Gasteiger partial charge in [-0.15, -0.1) is 0 Å². The van der Waals surface area contributed by atoms with Crippen LogP contribution in [0.25, 0.3) is 0 Å². The summed E-state index contributed by atoms with van der Waals surface area (Å²) < 4.78 is 0. The predicted octanol–water partition coefficient (Wildman–Crippen LogP) is 9.93. The number of hydrogen-bond acceptors (Lipinski definition) is 1. The molecule has 0 amide bonds. The number of rotatable bonds is 25. The lowest BCUT2D eigenvalue weighted by Gasteiger charge is -2.22. The van der Waals surface area contributed by atoms with Crippen molar-refractivity contribution in [3.63, 3.8) is 0 Å². The zero-order chi connectivity index (χ0) is 21.3. The van der Waals surface area contributed by atoms with E-state index in [0.717, 1.165) is 0 Å². The van der Waals surface area contributed by atoms with E-state index in [-0.39, 0.29) is 0 Å². The van der Waals surface area contributed by atoms with Gasteiger partial charge >= 0.3 is 0 Å². The van der Waals surface area contributed by atoms with E-state index in [1.165, 1.54) is 161 Å². The van der Waals surface area contributed by atoms with E-state index in [2.05, 4.69) is 25.7 Å². The van der Waals surface area contributed by atoms with Crippen LogP contribution in [-0.4, -0.2) is 24.5 Å². The first kappa shape index (κ1) is 29.0. The van der Waals surface area contributed by atoms with Crippen molar-refractivity contribution in [1.82, 2.24) is 4.90 Å². The number of hydrogen-bond donors (Lipinski definition) is 0. The molecule has 0 saturated carbocycles. The average Bonchev–Trinajstić information content (AvgIpc) is 2.73. The van der Waals surface area contributed by atoms with Gasteiger partial charge in [-0.1, -0.05) is 143 Å². The van der Waals surface area contributed by atoms with Crippen molar-refractivity contribution < 1.29 is 0 Å². The summed E-state index contributed by atoms with van der Waals surface area (Å²) >= 11 is 0. The third kappa shape index (κ3) is 24.1. The van der Waals surface area contributed by atoms with Crippen LogP contribution in [-0.2, 0) is 0 Å². The Morgan fingerprint density at radius 3 is 0.759 bits per heavy atom. The smallest absolute Gasteiger partial charge is 0.00187 e. The van der Waals surface area contributed by atoms with Gasteiger partial charge in [-0.2, -0.15) is 0 Å². The van der Waals surface area contributed by atoms with Crippen LogP contribution in [0.3, 0.4) is 0 Å². The molecule has 0 radical (unpaired) electrons. The Bertz CT molecular complexity index is 263. The van der Waals surface area contributed by atoms with E-state index in [4.69, 9.17) is 0 Å². The number of nitrogens with zero attached hydrogens (tertiary/aromatic N) is 1. The third-order valence-electron chi connectivity index (χ3n) is 6.48. The minimum Gasteiger partial charge on any atom is -0.303 e. The quantitative estimate of drug-likeness (QED) is 0.136. The first-order valence-electron chi connectivity index (χ1n) is 14.1. The van der Waals surface area contributed by atoms with Crippen LogP contribution in [0.15, 0.2) is 0 Å². The molecule has 0 aliphatic carbocycles. The summed E-state index contributed by atoms with van der Waals surface area (Å²) in [6.45, 7) is 11.0. The van der Waals surface area contributed by atoms with Crippen molar-refractivity contribution in [3.8, 4) is 0 Å². The monoisotopic (exact) mass is 409 g/mol. The molecule has 29 heavy (non-hydrogen) atoms. The van der Waals surface area contributed by atoms with Crippen LogP contribution in [0.1, 0.15) is 162 Å². The molecule has 0 aliphatic heterocycles. The molecule has 0 N–H and O–H groups in total. The molecule has 0 heterocycles. The van der Waals surface area contributed by atoms with Gasteiger partial charge in [0.05, 0.1) is 0 Å². The maximum atomic E-state index is 2.78. The summed E-state index contributed by atoms with van der Waals surface area (Å²) in [7, 11) is 0. The predicted molar refractivity (Wildman–Crippen MR) is 135 cm³/mol. The Hall–Kier alpha value is -0.0400. The highest BCUT2D eigenvalue weighted by atomic mass is 15.1. The van der Waals surface area contributed by atoms with E-state index in [0.29, 0.717) is 0 Å². The van der Waals surface area contributed by atoms with Gasteiger partial charge in [-0.05, 0) is 38.9 Å². The molecule has 0 aromatic rings. The highest BCUT2D eigenvalue weighted by Crippen LogP contribution is 2.13. The van der Waals surface area contributed by atoms with Gasteiger partial charge in [0.2, 0.25) is 0 Å². The molecule has 0 bridgehead atoms. The maximum absolute atomic E-state index is 2.78. The van der Waals surface area contributed by atoms with Gasteiger partial charge in [-0.3, -0.25) is 0 Å². The molecule has 0 aliphatic rings. The topological polar surface area (TPSA) is 3.24 Å².